The molecule has 2 heterocycles. The molecule has 3 N–H and O–H groups in total. The Labute approximate surface area is 115 Å². The van der Waals surface area contributed by atoms with E-state index in [2.05, 4.69) is 33.3 Å². The Morgan fingerprint density at radius 2 is 2.28 bits per heavy atom. The van der Waals surface area contributed by atoms with Crippen molar-refractivity contribution in [3.8, 4) is 0 Å². The van der Waals surface area contributed by atoms with Gasteiger partial charge in [0.1, 0.15) is 5.76 Å². The topological polar surface area (TPSA) is 64.1 Å². The van der Waals surface area contributed by atoms with E-state index in [9.17, 15) is 0 Å². The number of aryl methyl sites for hydroxylation is 1. The molecule has 0 amide bonds. The van der Waals surface area contributed by atoms with Crippen LogP contribution in [0.5, 0.6) is 0 Å². The molecular formula is C13H16BrN3O. The molecule has 0 fully saturated rings. The highest BCUT2D eigenvalue weighted by atomic mass is 79.9. The quantitative estimate of drug-likeness (QED) is 0.658. The van der Waals surface area contributed by atoms with Crippen LogP contribution in [0.1, 0.15) is 30.0 Å². The zero-order valence-electron chi connectivity index (χ0n) is 10.2. The van der Waals surface area contributed by atoms with E-state index in [-0.39, 0.29) is 6.04 Å². The second kappa shape index (κ2) is 6.13. The molecule has 2 aromatic heterocycles. The first-order valence-corrected chi connectivity index (χ1v) is 6.66. The number of halogens is 1. The van der Waals surface area contributed by atoms with Crippen LogP contribution in [0.2, 0.25) is 0 Å². The highest BCUT2D eigenvalue weighted by molar-refractivity contribution is 9.10. The maximum Gasteiger partial charge on any atom is 0.108 e. The smallest absolute Gasteiger partial charge is 0.108 e. The van der Waals surface area contributed by atoms with Gasteiger partial charge < -0.3 is 4.42 Å². The minimum atomic E-state index is 0.0207. The van der Waals surface area contributed by atoms with E-state index in [0.29, 0.717) is 0 Å². The van der Waals surface area contributed by atoms with Gasteiger partial charge in [0.15, 0.2) is 0 Å². The summed E-state index contributed by atoms with van der Waals surface area (Å²) in [5.74, 6) is 6.60. The van der Waals surface area contributed by atoms with Crippen LogP contribution in [0.4, 0.5) is 0 Å². The third kappa shape index (κ3) is 2.98. The summed E-state index contributed by atoms with van der Waals surface area (Å²) < 4.78 is 6.40. The summed E-state index contributed by atoms with van der Waals surface area (Å²) in [6, 6.07) is 5.95. The predicted molar refractivity (Wildman–Crippen MR) is 73.8 cm³/mol. The fourth-order valence-corrected chi connectivity index (χ4v) is 2.18. The molecule has 1 unspecified atom stereocenters. The van der Waals surface area contributed by atoms with Gasteiger partial charge in [-0.25, -0.2) is 0 Å². The summed E-state index contributed by atoms with van der Waals surface area (Å²) in [5, 5.41) is 0. The Morgan fingerprint density at radius 1 is 1.44 bits per heavy atom. The monoisotopic (exact) mass is 309 g/mol. The number of hydrogen-bond donors (Lipinski definition) is 2. The van der Waals surface area contributed by atoms with Crippen molar-refractivity contribution in [3.05, 3.63) is 52.1 Å². The van der Waals surface area contributed by atoms with Crippen LogP contribution in [0.25, 0.3) is 0 Å². The lowest BCUT2D eigenvalue weighted by molar-refractivity contribution is 0.486. The number of rotatable bonds is 5. The minimum Gasteiger partial charge on any atom is -0.469 e. The molecule has 0 spiro atoms. The van der Waals surface area contributed by atoms with Crippen LogP contribution in [-0.4, -0.2) is 4.98 Å². The maximum absolute atomic E-state index is 5.64. The van der Waals surface area contributed by atoms with E-state index in [4.69, 9.17) is 10.3 Å². The fourth-order valence-electron chi connectivity index (χ4n) is 1.94. The molecule has 2 aromatic rings. The first-order valence-electron chi connectivity index (χ1n) is 5.87. The minimum absolute atomic E-state index is 0.0207. The third-order valence-electron chi connectivity index (χ3n) is 2.88. The van der Waals surface area contributed by atoms with Gasteiger partial charge in [0.05, 0.1) is 12.3 Å². The molecule has 1 atom stereocenters. The molecule has 0 radical (unpaired) electrons. The van der Waals surface area contributed by atoms with Gasteiger partial charge >= 0.3 is 0 Å². The molecule has 0 aliphatic carbocycles. The number of nitrogens with one attached hydrogen (secondary N) is 1. The van der Waals surface area contributed by atoms with Gasteiger partial charge in [-0.15, -0.1) is 0 Å². The molecule has 0 aliphatic heterocycles. The largest absolute Gasteiger partial charge is 0.469 e. The standard InChI is InChI=1S/C13H16BrN3O/c1-2-13-11(5-6-18-13)12(17-15)7-10-4-3-9(14)8-16-10/h3-6,8,12,17H,2,7,15H2,1H3. The van der Waals surface area contributed by atoms with Crippen molar-refractivity contribution in [3.63, 3.8) is 0 Å². The number of hydrazine groups is 1. The maximum atomic E-state index is 5.64. The molecule has 5 heteroatoms. The van der Waals surface area contributed by atoms with Gasteiger partial charge in [0, 0.05) is 34.8 Å². The van der Waals surface area contributed by atoms with Gasteiger partial charge in [0.2, 0.25) is 0 Å². The normalized spacial score (nSPS) is 12.6. The van der Waals surface area contributed by atoms with Crippen molar-refractivity contribution in [1.82, 2.24) is 10.4 Å². The predicted octanol–water partition coefficient (Wildman–Crippen LogP) is 2.75. The zero-order chi connectivity index (χ0) is 13.0. The number of nitrogens with two attached hydrogens (primary N) is 1. The molecule has 2 rings (SSSR count). The first-order chi connectivity index (χ1) is 8.74. The lowest BCUT2D eigenvalue weighted by atomic mass is 10.0. The van der Waals surface area contributed by atoms with E-state index in [0.717, 1.165) is 34.3 Å². The second-order valence-corrected chi connectivity index (χ2v) is 4.96. The van der Waals surface area contributed by atoms with Crippen molar-refractivity contribution in [1.29, 1.82) is 0 Å². The molecule has 0 bridgehead atoms. The molecular weight excluding hydrogens is 294 g/mol. The van der Waals surface area contributed by atoms with Crippen molar-refractivity contribution in [2.75, 3.05) is 0 Å². The highest BCUT2D eigenvalue weighted by Crippen LogP contribution is 2.22. The lowest BCUT2D eigenvalue weighted by Gasteiger charge is -2.15. The lowest BCUT2D eigenvalue weighted by Crippen LogP contribution is -2.30. The van der Waals surface area contributed by atoms with Crippen LogP contribution >= 0.6 is 15.9 Å². The molecule has 4 nitrogen and oxygen atoms in total. The molecule has 0 aromatic carbocycles. The van der Waals surface area contributed by atoms with E-state index < -0.39 is 0 Å². The first kappa shape index (κ1) is 13.3. The fraction of sp³-hybridized carbons (Fsp3) is 0.308. The summed E-state index contributed by atoms with van der Waals surface area (Å²) in [4.78, 5) is 4.36. The van der Waals surface area contributed by atoms with Crippen LogP contribution in [-0.2, 0) is 12.8 Å². The van der Waals surface area contributed by atoms with Crippen LogP contribution in [0.3, 0.4) is 0 Å². The average Bonchev–Trinajstić information content (AvgIpc) is 2.86. The SMILES string of the molecule is CCc1occc1C(Cc1ccc(Br)cn1)NN. The van der Waals surface area contributed by atoms with E-state index >= 15 is 0 Å². The number of furan rings is 1. The van der Waals surface area contributed by atoms with Crippen molar-refractivity contribution in [2.45, 2.75) is 25.8 Å². The van der Waals surface area contributed by atoms with Crippen molar-refractivity contribution >= 4 is 15.9 Å². The summed E-state index contributed by atoms with van der Waals surface area (Å²) in [6.07, 6.45) is 5.08. The van der Waals surface area contributed by atoms with Gasteiger partial charge in [-0.1, -0.05) is 6.92 Å². The van der Waals surface area contributed by atoms with E-state index in [1.807, 2.05) is 18.2 Å². The molecule has 0 aliphatic rings. The van der Waals surface area contributed by atoms with Gasteiger partial charge in [-0.05, 0) is 34.1 Å². The summed E-state index contributed by atoms with van der Waals surface area (Å²) in [5.41, 5.74) is 4.92. The zero-order valence-corrected chi connectivity index (χ0v) is 11.8. The van der Waals surface area contributed by atoms with Gasteiger partial charge in [-0.3, -0.25) is 16.3 Å². The van der Waals surface area contributed by atoms with Crippen molar-refractivity contribution < 1.29 is 4.42 Å². The van der Waals surface area contributed by atoms with E-state index in [1.165, 1.54) is 0 Å². The Balaban J connectivity index is 2.17. The van der Waals surface area contributed by atoms with Crippen molar-refractivity contribution in [2.24, 2.45) is 5.84 Å². The Morgan fingerprint density at radius 3 is 2.89 bits per heavy atom. The van der Waals surface area contributed by atoms with Crippen LogP contribution in [0.15, 0.2) is 39.5 Å². The Bertz CT molecular complexity index is 495. The number of hydrogen-bond acceptors (Lipinski definition) is 4. The van der Waals surface area contributed by atoms with Crippen LogP contribution < -0.4 is 11.3 Å². The number of pyridine rings is 1. The number of aromatic nitrogens is 1. The highest BCUT2D eigenvalue weighted by Gasteiger charge is 2.16. The average molecular weight is 310 g/mol. The third-order valence-corrected chi connectivity index (χ3v) is 3.35. The Kier molecular flexibility index (Phi) is 4.52. The summed E-state index contributed by atoms with van der Waals surface area (Å²) in [7, 11) is 0. The Hall–Kier alpha value is -1.17. The summed E-state index contributed by atoms with van der Waals surface area (Å²) in [6.45, 7) is 2.06. The summed E-state index contributed by atoms with van der Waals surface area (Å²) >= 11 is 3.37. The number of nitrogens with zero attached hydrogens (tertiary/aromatic N) is 1. The second-order valence-electron chi connectivity index (χ2n) is 4.04. The van der Waals surface area contributed by atoms with Crippen LogP contribution in [0, 0.1) is 0 Å². The molecule has 0 saturated heterocycles. The van der Waals surface area contributed by atoms with Gasteiger partial charge in [-0.2, -0.15) is 0 Å². The molecule has 96 valence electrons. The van der Waals surface area contributed by atoms with E-state index in [1.54, 1.807) is 12.5 Å². The van der Waals surface area contributed by atoms with Gasteiger partial charge in [0.25, 0.3) is 0 Å². The molecule has 0 saturated carbocycles. The molecule has 18 heavy (non-hydrogen) atoms.